The number of halogens is 10. The van der Waals surface area contributed by atoms with E-state index in [4.69, 9.17) is 42.2 Å². The number of nitrogens with zero attached hydrogens (tertiary/aromatic N) is 12. The number of hydrogen-bond acceptors (Lipinski definition) is 11. The van der Waals surface area contributed by atoms with Crippen molar-refractivity contribution in [3.05, 3.63) is 510 Å². The molecular formula is C128H72F10N12. The molecule has 0 unspecified atom stereocenters. The highest BCUT2D eigenvalue weighted by Gasteiger charge is 2.34. The molecule has 22 heteroatoms. The second kappa shape index (κ2) is 38.9. The van der Waals surface area contributed by atoms with E-state index in [0.29, 0.717) is 132 Å². The summed E-state index contributed by atoms with van der Waals surface area (Å²) in [5.41, 5.74) is -1.90. The molecule has 0 atom stereocenters. The van der Waals surface area contributed by atoms with E-state index in [1.807, 2.05) is 36.4 Å². The SMILES string of the molecule is [2H]c1c([2H])c(N(c2ccc(C#N)cc2)c2ccc3ccc4c(N(c5ccc([N+]#[C-])cc5)c5c([2H])c([2H])c(F)c([2H])c5[2H])ccc5ccc2c3c54)c([2H])c([2H])c1F.[2H]c1c([2H])c(N(c2ccc(C(F)(F)F)cc2)c2ccc3ccc4c(N(c5ccc(C(F)(F)F)cc5)c5c([2H])c([2H])c(C#N)c([2H])c5[2H])ccc5ccc2c3c54)c([2H])c([2H])c1C#N.[2H]c1c([2H])c([2H])c(N(c2ccc(F)c(C#N)c2)c2ccc3ccc4c(N(c5ccc(F)c(C#N)c5)c5c([2H])c([2H])c([2H])c([2H])c5[2H])ccc5ccc2c3c54)c([2H])c1[2H]. The average molecular weight is 1990 g/mol. The van der Waals surface area contributed by atoms with E-state index in [-0.39, 0.29) is 79.4 Å². The fourth-order valence-corrected chi connectivity index (χ4v) is 18.7. The average Bonchev–Trinajstić information content (AvgIpc) is 0.715. The van der Waals surface area contributed by atoms with Gasteiger partial charge in [0.15, 0.2) is 5.69 Å². The maximum Gasteiger partial charge on any atom is 0.416 e. The second-order valence-corrected chi connectivity index (χ2v) is 33.7. The molecule has 150 heavy (non-hydrogen) atoms. The Labute approximate surface area is 889 Å². The number of benzene rings is 24. The topological polar surface area (TPSA) is 143 Å². The molecule has 0 N–H and O–H groups in total. The number of alkyl halides is 6. The summed E-state index contributed by atoms with van der Waals surface area (Å²) in [6.45, 7) is 7.44. The predicted molar refractivity (Wildman–Crippen MR) is 578 cm³/mol. The maximum absolute atomic E-state index is 14.9. The van der Waals surface area contributed by atoms with Gasteiger partial charge in [-0.2, -0.15) is 52.7 Å². The molecule has 0 aliphatic carbocycles. The Morgan fingerprint density at radius 3 is 0.700 bits per heavy atom. The van der Waals surface area contributed by atoms with Gasteiger partial charge in [0, 0.05) is 101 Å². The molecule has 0 aromatic heterocycles. The molecule has 0 amide bonds. The second-order valence-electron chi connectivity index (χ2n) is 33.7. The molecule has 24 aromatic carbocycles. The summed E-state index contributed by atoms with van der Waals surface area (Å²) in [5, 5.41) is 59.2. The normalized spacial score (nSPS) is 13.8. The molecule has 12 nitrogen and oxygen atoms in total. The Hall–Kier alpha value is -20.6. The van der Waals surface area contributed by atoms with E-state index >= 15 is 0 Å². The largest absolute Gasteiger partial charge is 0.416 e. The van der Waals surface area contributed by atoms with Gasteiger partial charge < -0.3 is 29.4 Å². The van der Waals surface area contributed by atoms with Crippen LogP contribution in [-0.4, -0.2) is 0 Å². The summed E-state index contributed by atoms with van der Waals surface area (Å²) < 4.78 is 366. The van der Waals surface area contributed by atoms with Crippen LogP contribution in [0, 0.1) is 86.5 Å². The van der Waals surface area contributed by atoms with Crippen molar-refractivity contribution in [2.75, 3.05) is 29.4 Å². The lowest BCUT2D eigenvalue weighted by Crippen LogP contribution is -2.12. The first-order chi connectivity index (χ1) is 83.9. The molecule has 0 aliphatic rings. The number of nitriles is 5. The summed E-state index contributed by atoms with van der Waals surface area (Å²) in [6, 6.07) is 61.4. The summed E-state index contributed by atoms with van der Waals surface area (Å²) in [5.74, 6) is -4.21. The predicted octanol–water partition coefficient (Wildman–Crippen LogP) is 37.1. The van der Waals surface area contributed by atoms with E-state index in [9.17, 15) is 70.2 Å². The van der Waals surface area contributed by atoms with Crippen molar-refractivity contribution >= 4 is 205 Å². The lowest BCUT2D eigenvalue weighted by molar-refractivity contribution is -0.138. The standard InChI is InChI=1S/C44H24F6N4.2C42H24F2N4/c45-43(46,47)31-9-17-35(18-10-31)53(33-13-1-27(25-51)2-14-33)39-23-7-29-6-22-38-40(24-8-30-5-21-37(39)41(29)42(30)38)54(34-15-3-28(26-52)4-16-34)36-19-11-32(12-20-36)44(48,49)50;1-46-32-12-20-36(21-13-32)48(35-18-10-31(44)11-19-35)40-25-7-29-4-22-37-39(24-6-28-5-23-38(40)42(29)41(28)37)47(34-16-8-30(43)9-17-34)33-14-2-27(26-45)3-15-33;43-37-19-15-33(23-29(37)25-45)47(31-7-3-1-4-8-31)39-21-13-27-12-18-36-40(22-14-28-11-17-35(39)41(27)42(28)36)48(32-9-5-2-6-10-32)34-16-20-38(44)30(24-34)26-46/h1-24H;2-25H;1-24H/i1D,2D,3D,4D,13D,14D,15D,16D;8D,9D,10D,11D,16D,17D,18D,19D;1D,2D,3D,4D,5D,6D,7D,8D,9D,10D. The third-order valence-electron chi connectivity index (χ3n) is 25.3. The van der Waals surface area contributed by atoms with Crippen LogP contribution in [0.2, 0.25) is 0 Å². The summed E-state index contributed by atoms with van der Waals surface area (Å²) >= 11 is 0. The summed E-state index contributed by atoms with van der Waals surface area (Å²) in [7, 11) is 0. The van der Waals surface area contributed by atoms with E-state index in [0.717, 1.165) is 71.4 Å². The Bertz CT molecular complexity index is 10600. The first-order valence-electron chi connectivity index (χ1n) is 58.2. The number of rotatable bonds is 18. The van der Waals surface area contributed by atoms with Crippen molar-refractivity contribution in [2.24, 2.45) is 0 Å². The molecule has 0 radical (unpaired) electrons. The van der Waals surface area contributed by atoms with Gasteiger partial charge in [-0.15, -0.1) is 0 Å². The van der Waals surface area contributed by atoms with E-state index in [2.05, 4.69) is 10.9 Å². The molecule has 0 heterocycles. The fraction of sp³-hybridized carbons (Fsp3) is 0.0156. The first-order valence-corrected chi connectivity index (χ1v) is 45.2. The fourth-order valence-electron chi connectivity index (χ4n) is 18.7. The quantitative estimate of drug-likeness (QED) is 0.0460. The molecule has 0 bridgehead atoms. The van der Waals surface area contributed by atoms with Gasteiger partial charge in [-0.1, -0.05) is 158 Å². The molecule has 714 valence electrons. The van der Waals surface area contributed by atoms with Crippen molar-refractivity contribution in [3.8, 4) is 30.3 Å². The third kappa shape index (κ3) is 17.5. The highest BCUT2D eigenvalue weighted by Crippen LogP contribution is 2.54. The van der Waals surface area contributed by atoms with E-state index < -0.39 is 215 Å². The van der Waals surface area contributed by atoms with Gasteiger partial charge in [0.25, 0.3) is 0 Å². The van der Waals surface area contributed by atoms with Gasteiger partial charge in [-0.25, -0.2) is 22.4 Å². The highest BCUT2D eigenvalue weighted by atomic mass is 19.4. The molecule has 0 saturated carbocycles. The summed E-state index contributed by atoms with van der Waals surface area (Å²) in [6.07, 6.45) is -9.44. The van der Waals surface area contributed by atoms with Crippen molar-refractivity contribution in [1.29, 1.82) is 26.3 Å². The van der Waals surface area contributed by atoms with Crippen LogP contribution in [-0.2, 0) is 12.4 Å². The highest BCUT2D eigenvalue weighted by molar-refractivity contribution is 6.31. The van der Waals surface area contributed by atoms with Crippen molar-refractivity contribution in [2.45, 2.75) is 12.4 Å². The van der Waals surface area contributed by atoms with Crippen molar-refractivity contribution in [1.82, 2.24) is 0 Å². The van der Waals surface area contributed by atoms with Crippen LogP contribution in [0.3, 0.4) is 0 Å². The van der Waals surface area contributed by atoms with Crippen LogP contribution >= 0.6 is 0 Å². The minimum Gasteiger partial charge on any atom is -0.310 e. The van der Waals surface area contributed by atoms with Gasteiger partial charge >= 0.3 is 12.4 Å². The van der Waals surface area contributed by atoms with E-state index in [1.165, 1.54) is 53.7 Å². The Balaban J connectivity index is 0.000000144. The molecular weight excluding hydrogens is 1900 g/mol. The molecule has 0 saturated heterocycles. The Morgan fingerprint density at radius 1 is 0.227 bits per heavy atom. The van der Waals surface area contributed by atoms with Crippen LogP contribution in [0.1, 0.15) is 74.6 Å². The zero-order chi connectivity index (χ0) is 126. The van der Waals surface area contributed by atoms with Crippen LogP contribution in [0.25, 0.3) is 102 Å². The molecule has 24 rings (SSSR count). The number of hydrogen-bond donors (Lipinski definition) is 0. The minimum absolute atomic E-state index is 0.0110. The minimum atomic E-state index is -4.72. The molecule has 24 aromatic rings. The van der Waals surface area contributed by atoms with Crippen molar-refractivity contribution < 1.29 is 79.5 Å². The zero-order valence-corrected chi connectivity index (χ0v) is 76.7. The number of anilines is 18. The van der Waals surface area contributed by atoms with Gasteiger partial charge in [0.05, 0.1) is 133 Å². The molecule has 0 fully saturated rings. The van der Waals surface area contributed by atoms with Gasteiger partial charge in [0.2, 0.25) is 0 Å². The Morgan fingerprint density at radius 2 is 0.453 bits per heavy atom. The lowest BCUT2D eigenvalue weighted by atomic mass is 9.91. The van der Waals surface area contributed by atoms with Gasteiger partial charge in [0.1, 0.15) is 35.4 Å². The maximum atomic E-state index is 14.9. The number of para-hydroxylation sites is 2. The van der Waals surface area contributed by atoms with Crippen LogP contribution in [0.15, 0.2) is 436 Å². The van der Waals surface area contributed by atoms with Crippen molar-refractivity contribution in [3.63, 3.8) is 0 Å². The van der Waals surface area contributed by atoms with Gasteiger partial charge in [-0.3, -0.25) is 0 Å². The smallest absolute Gasteiger partial charge is 0.310 e. The third-order valence-corrected chi connectivity index (χ3v) is 25.3. The van der Waals surface area contributed by atoms with Crippen LogP contribution in [0.4, 0.5) is 152 Å². The zero-order valence-electron chi connectivity index (χ0n) is 103. The molecule has 0 aliphatic heterocycles. The van der Waals surface area contributed by atoms with Crippen LogP contribution in [0.5, 0.6) is 0 Å². The lowest BCUT2D eigenvalue weighted by Gasteiger charge is -2.29. The molecule has 0 spiro atoms. The first kappa shape index (κ1) is 68.6. The van der Waals surface area contributed by atoms with E-state index in [1.54, 1.807) is 182 Å². The Kier molecular flexibility index (Phi) is 17.8. The summed E-state index contributed by atoms with van der Waals surface area (Å²) in [4.78, 5) is 11.8. The monoisotopic (exact) mass is 1990 g/mol. The van der Waals surface area contributed by atoms with Crippen LogP contribution < -0.4 is 29.4 Å². The van der Waals surface area contributed by atoms with Gasteiger partial charge in [-0.05, 0) is 343 Å².